The first kappa shape index (κ1) is 9.74. The van der Waals surface area contributed by atoms with Crippen molar-refractivity contribution in [2.75, 3.05) is 0 Å². The number of benzene rings is 1. The number of thiophene rings is 1. The average Bonchev–Trinajstić information content (AvgIpc) is 2.56. The predicted molar refractivity (Wildman–Crippen MR) is 63.9 cm³/mol. The van der Waals surface area contributed by atoms with Crippen molar-refractivity contribution in [1.29, 1.82) is 0 Å². The van der Waals surface area contributed by atoms with Crippen molar-refractivity contribution in [3.8, 4) is 16.9 Å². The van der Waals surface area contributed by atoms with Gasteiger partial charge in [0.25, 0.3) is 0 Å². The maximum Gasteiger partial charge on any atom is 0.123 e. The first-order valence-electron chi connectivity index (χ1n) is 4.20. The molecule has 1 nitrogen and oxygen atoms in total. The second kappa shape index (κ2) is 3.75. The van der Waals surface area contributed by atoms with Crippen LogP contribution in [0.15, 0.2) is 33.4 Å². The zero-order chi connectivity index (χ0) is 10.1. The van der Waals surface area contributed by atoms with Crippen molar-refractivity contribution in [2.45, 2.75) is 6.92 Å². The molecule has 1 heterocycles. The van der Waals surface area contributed by atoms with Crippen molar-refractivity contribution in [3.05, 3.63) is 39.0 Å². The van der Waals surface area contributed by atoms with E-state index < -0.39 is 0 Å². The Morgan fingerprint density at radius 2 is 2.00 bits per heavy atom. The van der Waals surface area contributed by atoms with Gasteiger partial charge in [0, 0.05) is 21.0 Å². The summed E-state index contributed by atoms with van der Waals surface area (Å²) in [5, 5.41) is 13.8. The molecule has 0 radical (unpaired) electrons. The fraction of sp³-hybridized carbons (Fsp3) is 0.0909. The lowest BCUT2D eigenvalue weighted by Gasteiger charge is -2.04. The summed E-state index contributed by atoms with van der Waals surface area (Å²) in [5.41, 5.74) is 3.09. The van der Waals surface area contributed by atoms with Crippen LogP contribution >= 0.6 is 27.3 Å². The number of phenolic OH excluding ortho intramolecular Hbond substituents is 1. The third-order valence-electron chi connectivity index (χ3n) is 2.06. The summed E-state index contributed by atoms with van der Waals surface area (Å²) < 4.78 is 1.03. The topological polar surface area (TPSA) is 20.2 Å². The van der Waals surface area contributed by atoms with Crippen LogP contribution in [0.25, 0.3) is 11.1 Å². The van der Waals surface area contributed by atoms with Crippen LogP contribution in [0.3, 0.4) is 0 Å². The van der Waals surface area contributed by atoms with Gasteiger partial charge < -0.3 is 5.11 Å². The van der Waals surface area contributed by atoms with E-state index >= 15 is 0 Å². The zero-order valence-corrected chi connectivity index (χ0v) is 10.0. The van der Waals surface area contributed by atoms with Gasteiger partial charge in [0.1, 0.15) is 5.75 Å². The van der Waals surface area contributed by atoms with Crippen LogP contribution in [-0.4, -0.2) is 5.11 Å². The minimum absolute atomic E-state index is 0.328. The summed E-state index contributed by atoms with van der Waals surface area (Å²) >= 11 is 5.08. The standard InChI is InChI=1S/C11H9BrOS/c1-7-2-3-11(13)8(4-7)9-5-14-6-10(9)12/h2-6,13H,1H3. The molecule has 2 rings (SSSR count). The van der Waals surface area contributed by atoms with E-state index in [1.807, 2.05) is 29.8 Å². The second-order valence-electron chi connectivity index (χ2n) is 3.15. The van der Waals surface area contributed by atoms with E-state index in [4.69, 9.17) is 0 Å². The number of phenols is 1. The Balaban J connectivity index is 2.62. The number of aryl methyl sites for hydroxylation is 1. The van der Waals surface area contributed by atoms with Crippen LogP contribution < -0.4 is 0 Å². The highest BCUT2D eigenvalue weighted by Gasteiger charge is 2.08. The molecule has 2 aromatic rings. The minimum atomic E-state index is 0.328. The smallest absolute Gasteiger partial charge is 0.123 e. The van der Waals surface area contributed by atoms with Crippen molar-refractivity contribution in [3.63, 3.8) is 0 Å². The molecule has 0 saturated heterocycles. The molecule has 72 valence electrons. The molecule has 0 unspecified atom stereocenters. The third-order valence-corrected chi connectivity index (χ3v) is 3.76. The van der Waals surface area contributed by atoms with E-state index in [2.05, 4.69) is 15.9 Å². The van der Waals surface area contributed by atoms with Crippen LogP contribution in [0.1, 0.15) is 5.56 Å². The average molecular weight is 269 g/mol. The fourth-order valence-corrected chi connectivity index (χ4v) is 2.85. The summed E-state index contributed by atoms with van der Waals surface area (Å²) in [5.74, 6) is 0.328. The highest BCUT2D eigenvalue weighted by Crippen LogP contribution is 2.37. The van der Waals surface area contributed by atoms with Gasteiger partial charge in [0.15, 0.2) is 0 Å². The first-order chi connectivity index (χ1) is 6.68. The third kappa shape index (κ3) is 1.70. The van der Waals surface area contributed by atoms with Gasteiger partial charge in [-0.25, -0.2) is 0 Å². The molecule has 0 amide bonds. The van der Waals surface area contributed by atoms with Gasteiger partial charge in [0.2, 0.25) is 0 Å². The van der Waals surface area contributed by atoms with E-state index in [-0.39, 0.29) is 0 Å². The van der Waals surface area contributed by atoms with Crippen molar-refractivity contribution in [1.82, 2.24) is 0 Å². The van der Waals surface area contributed by atoms with E-state index in [9.17, 15) is 5.11 Å². The van der Waals surface area contributed by atoms with Crippen LogP contribution in [0.2, 0.25) is 0 Å². The van der Waals surface area contributed by atoms with Crippen LogP contribution in [0.5, 0.6) is 5.75 Å². The lowest BCUT2D eigenvalue weighted by Crippen LogP contribution is -1.79. The van der Waals surface area contributed by atoms with Gasteiger partial charge in [-0.1, -0.05) is 11.6 Å². The molecule has 0 aliphatic carbocycles. The van der Waals surface area contributed by atoms with Gasteiger partial charge in [-0.3, -0.25) is 0 Å². The number of rotatable bonds is 1. The number of halogens is 1. The second-order valence-corrected chi connectivity index (χ2v) is 4.75. The number of hydrogen-bond acceptors (Lipinski definition) is 2. The summed E-state index contributed by atoms with van der Waals surface area (Å²) in [7, 11) is 0. The van der Waals surface area contributed by atoms with Gasteiger partial charge >= 0.3 is 0 Å². The first-order valence-corrected chi connectivity index (χ1v) is 5.94. The highest BCUT2D eigenvalue weighted by atomic mass is 79.9. The van der Waals surface area contributed by atoms with Crippen molar-refractivity contribution < 1.29 is 5.11 Å². The van der Waals surface area contributed by atoms with Crippen molar-refractivity contribution >= 4 is 27.3 Å². The maximum absolute atomic E-state index is 9.72. The zero-order valence-electron chi connectivity index (χ0n) is 7.62. The Bertz CT molecular complexity index is 462. The molecule has 0 saturated carbocycles. The lowest BCUT2D eigenvalue weighted by atomic mass is 10.1. The molecule has 0 bridgehead atoms. The largest absolute Gasteiger partial charge is 0.507 e. The van der Waals surface area contributed by atoms with Gasteiger partial charge in [-0.05, 0) is 40.4 Å². The number of aromatic hydroxyl groups is 1. The van der Waals surface area contributed by atoms with E-state index in [0.717, 1.165) is 21.2 Å². The lowest BCUT2D eigenvalue weighted by molar-refractivity contribution is 0.477. The Hall–Kier alpha value is -0.800. The molecule has 0 fully saturated rings. The molecule has 0 aliphatic rings. The molecular formula is C11H9BrOS. The Kier molecular flexibility index (Phi) is 2.61. The minimum Gasteiger partial charge on any atom is -0.507 e. The van der Waals surface area contributed by atoms with E-state index in [0.29, 0.717) is 5.75 Å². The van der Waals surface area contributed by atoms with Gasteiger partial charge in [-0.2, -0.15) is 11.3 Å². The molecule has 0 atom stereocenters. The number of hydrogen-bond donors (Lipinski definition) is 1. The fourth-order valence-electron chi connectivity index (χ4n) is 1.34. The molecule has 3 heteroatoms. The van der Waals surface area contributed by atoms with Crippen LogP contribution in [0, 0.1) is 6.92 Å². The molecule has 14 heavy (non-hydrogen) atoms. The highest BCUT2D eigenvalue weighted by molar-refractivity contribution is 9.10. The molecule has 1 aromatic carbocycles. The van der Waals surface area contributed by atoms with Gasteiger partial charge in [0.05, 0.1) is 0 Å². The monoisotopic (exact) mass is 268 g/mol. The van der Waals surface area contributed by atoms with Crippen molar-refractivity contribution in [2.24, 2.45) is 0 Å². The quantitative estimate of drug-likeness (QED) is 0.822. The molecular weight excluding hydrogens is 260 g/mol. The molecule has 1 N–H and O–H groups in total. The molecule has 1 aromatic heterocycles. The normalized spacial score (nSPS) is 10.4. The summed E-state index contributed by atoms with van der Waals surface area (Å²) in [4.78, 5) is 0. The van der Waals surface area contributed by atoms with Crippen LogP contribution in [-0.2, 0) is 0 Å². The molecule has 0 aliphatic heterocycles. The summed E-state index contributed by atoms with van der Waals surface area (Å²) in [6.45, 7) is 2.02. The summed E-state index contributed by atoms with van der Waals surface area (Å²) in [6, 6.07) is 5.62. The SMILES string of the molecule is Cc1ccc(O)c(-c2cscc2Br)c1. The maximum atomic E-state index is 9.72. The Morgan fingerprint density at radius 1 is 1.21 bits per heavy atom. The Labute approximate surface area is 95.2 Å². The summed E-state index contributed by atoms with van der Waals surface area (Å²) in [6.07, 6.45) is 0. The molecule has 0 spiro atoms. The predicted octanol–water partition coefficient (Wildman–Crippen LogP) is 4.19. The van der Waals surface area contributed by atoms with Crippen LogP contribution in [0.4, 0.5) is 0 Å². The van der Waals surface area contributed by atoms with E-state index in [1.165, 1.54) is 0 Å². The van der Waals surface area contributed by atoms with Gasteiger partial charge in [-0.15, -0.1) is 0 Å². The van der Waals surface area contributed by atoms with E-state index in [1.54, 1.807) is 17.4 Å². The Morgan fingerprint density at radius 3 is 2.64 bits per heavy atom.